The Morgan fingerprint density at radius 1 is 1.19 bits per heavy atom. The molecule has 3 N–H and O–H groups in total. The highest BCUT2D eigenvalue weighted by atomic mass is 16.3. The van der Waals surface area contributed by atoms with Gasteiger partial charge in [0.2, 0.25) is 0 Å². The first-order valence-electron chi connectivity index (χ1n) is 7.80. The predicted octanol–water partition coefficient (Wildman–Crippen LogP) is 1.02. The summed E-state index contributed by atoms with van der Waals surface area (Å²) in [5.74, 6) is 1.72. The minimum absolute atomic E-state index is 0.0966. The van der Waals surface area contributed by atoms with Crippen molar-refractivity contribution in [2.75, 3.05) is 0 Å². The second-order valence-corrected chi connectivity index (χ2v) is 6.03. The maximum atomic E-state index is 12.2. The van der Waals surface area contributed by atoms with Crippen molar-refractivity contribution < 1.29 is 9.90 Å². The van der Waals surface area contributed by atoms with Gasteiger partial charge < -0.3 is 20.3 Å². The summed E-state index contributed by atoms with van der Waals surface area (Å²) >= 11 is 0. The summed E-state index contributed by atoms with van der Waals surface area (Å²) in [6.07, 6.45) is 5.14. The van der Waals surface area contributed by atoms with Gasteiger partial charge in [0.15, 0.2) is 5.82 Å². The molecular formula is C14H23N5O2. The molecule has 0 saturated heterocycles. The molecule has 3 atom stereocenters. The molecule has 2 heterocycles. The van der Waals surface area contributed by atoms with E-state index in [1.807, 2.05) is 6.92 Å². The summed E-state index contributed by atoms with van der Waals surface area (Å²) in [7, 11) is 0. The molecule has 3 rings (SSSR count). The third-order valence-corrected chi connectivity index (χ3v) is 4.50. The maximum Gasteiger partial charge on any atom is 0.315 e. The number of nitrogens with zero attached hydrogens (tertiary/aromatic N) is 3. The highest BCUT2D eigenvalue weighted by molar-refractivity contribution is 5.74. The van der Waals surface area contributed by atoms with Crippen molar-refractivity contribution in [3.63, 3.8) is 0 Å². The molecule has 1 aromatic rings. The molecule has 2 amide bonds. The molecule has 7 nitrogen and oxygen atoms in total. The number of nitrogens with one attached hydrogen (secondary N) is 2. The minimum atomic E-state index is -0.429. The fourth-order valence-electron chi connectivity index (χ4n) is 3.30. The highest BCUT2D eigenvalue weighted by Gasteiger charge is 2.28. The Kier molecular flexibility index (Phi) is 4.10. The molecule has 1 saturated carbocycles. The van der Waals surface area contributed by atoms with E-state index < -0.39 is 6.10 Å². The van der Waals surface area contributed by atoms with Gasteiger partial charge in [0.25, 0.3) is 0 Å². The summed E-state index contributed by atoms with van der Waals surface area (Å²) < 4.78 is 2.06. The Morgan fingerprint density at radius 2 is 2.00 bits per heavy atom. The van der Waals surface area contributed by atoms with E-state index in [0.717, 1.165) is 56.7 Å². The van der Waals surface area contributed by atoms with Crippen LogP contribution in [-0.2, 0) is 6.54 Å². The van der Waals surface area contributed by atoms with Crippen LogP contribution < -0.4 is 10.6 Å². The molecule has 0 spiro atoms. The number of aliphatic hydroxyl groups excluding tert-OH is 1. The van der Waals surface area contributed by atoms with Crippen molar-refractivity contribution in [2.24, 2.45) is 0 Å². The van der Waals surface area contributed by atoms with E-state index in [1.54, 1.807) is 0 Å². The molecule has 0 aromatic carbocycles. The van der Waals surface area contributed by atoms with Gasteiger partial charge in [-0.05, 0) is 32.6 Å². The van der Waals surface area contributed by atoms with E-state index in [2.05, 4.69) is 25.4 Å². The fourth-order valence-corrected chi connectivity index (χ4v) is 3.30. The number of hydrogen-bond donors (Lipinski definition) is 3. The first-order valence-corrected chi connectivity index (χ1v) is 7.80. The lowest BCUT2D eigenvalue weighted by molar-refractivity contribution is 0.0938. The van der Waals surface area contributed by atoms with Crippen LogP contribution in [0, 0.1) is 6.92 Å². The lowest BCUT2D eigenvalue weighted by atomic mass is 9.93. The number of aliphatic hydroxyl groups is 1. The second-order valence-electron chi connectivity index (χ2n) is 6.03. The van der Waals surface area contributed by atoms with Crippen LogP contribution in [0.25, 0.3) is 0 Å². The van der Waals surface area contributed by atoms with Gasteiger partial charge in [0, 0.05) is 6.54 Å². The van der Waals surface area contributed by atoms with Gasteiger partial charge in [-0.15, -0.1) is 10.2 Å². The predicted molar refractivity (Wildman–Crippen MR) is 76.7 cm³/mol. The fraction of sp³-hybridized carbons (Fsp3) is 0.786. The van der Waals surface area contributed by atoms with E-state index in [0.29, 0.717) is 0 Å². The topological polar surface area (TPSA) is 92.1 Å². The number of amides is 2. The van der Waals surface area contributed by atoms with Crippen molar-refractivity contribution in [2.45, 2.75) is 70.2 Å². The average Bonchev–Trinajstić information content (AvgIpc) is 2.84. The number of urea groups is 1. The van der Waals surface area contributed by atoms with Gasteiger partial charge >= 0.3 is 6.03 Å². The number of carbonyl (C=O) groups excluding carboxylic acids is 1. The van der Waals surface area contributed by atoms with Crippen LogP contribution in [0.1, 0.15) is 56.2 Å². The molecule has 7 heteroatoms. The third kappa shape index (κ3) is 3.02. The zero-order valence-electron chi connectivity index (χ0n) is 12.4. The van der Waals surface area contributed by atoms with Gasteiger partial charge in [-0.3, -0.25) is 0 Å². The van der Waals surface area contributed by atoms with Gasteiger partial charge in [-0.1, -0.05) is 12.8 Å². The van der Waals surface area contributed by atoms with Crippen molar-refractivity contribution in [1.82, 2.24) is 25.4 Å². The Morgan fingerprint density at radius 3 is 2.81 bits per heavy atom. The molecule has 21 heavy (non-hydrogen) atoms. The number of aromatic nitrogens is 3. The standard InChI is InChI=1S/C14H23N5O2/c1-9-17-18-13-11(6-4-8-19(9)13)16-14(21)15-10-5-2-3-7-12(10)20/h10-12,20H,2-8H2,1H3,(H2,15,16,21). The van der Waals surface area contributed by atoms with Gasteiger partial charge in [-0.25, -0.2) is 4.79 Å². The monoisotopic (exact) mass is 293 g/mol. The first-order chi connectivity index (χ1) is 10.1. The van der Waals surface area contributed by atoms with Crippen LogP contribution in [-0.4, -0.2) is 38.0 Å². The number of rotatable bonds is 2. The SMILES string of the molecule is Cc1nnc2n1CCCC2NC(=O)NC1CCCCC1O. The molecule has 1 fully saturated rings. The Hall–Kier alpha value is -1.63. The average molecular weight is 293 g/mol. The lowest BCUT2D eigenvalue weighted by Crippen LogP contribution is -2.50. The van der Waals surface area contributed by atoms with Crippen LogP contribution in [0.2, 0.25) is 0 Å². The smallest absolute Gasteiger partial charge is 0.315 e. The quantitative estimate of drug-likeness (QED) is 0.759. The zero-order chi connectivity index (χ0) is 14.8. The van der Waals surface area contributed by atoms with Crippen LogP contribution in [0.15, 0.2) is 0 Å². The molecule has 3 unspecified atom stereocenters. The first kappa shape index (κ1) is 14.3. The maximum absolute atomic E-state index is 12.2. The van der Waals surface area contributed by atoms with Crippen molar-refractivity contribution in [1.29, 1.82) is 0 Å². The summed E-state index contributed by atoms with van der Waals surface area (Å²) in [5.41, 5.74) is 0. The largest absolute Gasteiger partial charge is 0.391 e. The summed E-state index contributed by atoms with van der Waals surface area (Å²) in [5, 5.41) is 24.0. The zero-order valence-corrected chi connectivity index (χ0v) is 12.4. The molecule has 1 aromatic heterocycles. The molecule has 1 aliphatic carbocycles. The molecule has 116 valence electrons. The van der Waals surface area contributed by atoms with E-state index in [4.69, 9.17) is 0 Å². The molecule has 2 aliphatic rings. The van der Waals surface area contributed by atoms with Gasteiger partial charge in [-0.2, -0.15) is 0 Å². The summed E-state index contributed by atoms with van der Waals surface area (Å²) in [6.45, 7) is 2.84. The molecule has 0 bridgehead atoms. The van der Waals surface area contributed by atoms with Crippen molar-refractivity contribution >= 4 is 6.03 Å². The minimum Gasteiger partial charge on any atom is -0.391 e. The number of carbonyl (C=O) groups is 1. The van der Waals surface area contributed by atoms with Crippen molar-refractivity contribution in [3.8, 4) is 0 Å². The number of hydrogen-bond acceptors (Lipinski definition) is 4. The summed E-state index contributed by atoms with van der Waals surface area (Å²) in [4.78, 5) is 12.2. The van der Waals surface area contributed by atoms with Crippen LogP contribution in [0.4, 0.5) is 4.79 Å². The third-order valence-electron chi connectivity index (χ3n) is 4.50. The van der Waals surface area contributed by atoms with Gasteiger partial charge in [0.05, 0.1) is 18.2 Å². The number of aryl methyl sites for hydroxylation is 1. The van der Waals surface area contributed by atoms with Crippen molar-refractivity contribution in [3.05, 3.63) is 11.6 Å². The van der Waals surface area contributed by atoms with E-state index in [1.165, 1.54) is 0 Å². The normalized spacial score (nSPS) is 28.8. The van der Waals surface area contributed by atoms with E-state index >= 15 is 0 Å². The van der Waals surface area contributed by atoms with Crippen LogP contribution in [0.3, 0.4) is 0 Å². The lowest BCUT2D eigenvalue weighted by Gasteiger charge is -2.30. The van der Waals surface area contributed by atoms with Crippen LogP contribution in [0.5, 0.6) is 0 Å². The molecule has 1 aliphatic heterocycles. The molecular weight excluding hydrogens is 270 g/mol. The van der Waals surface area contributed by atoms with Gasteiger partial charge in [0.1, 0.15) is 5.82 Å². The van der Waals surface area contributed by atoms with E-state index in [9.17, 15) is 9.90 Å². The Bertz CT molecular complexity index is 515. The Balaban J connectivity index is 1.60. The molecule has 0 radical (unpaired) electrons. The van der Waals surface area contributed by atoms with Crippen LogP contribution >= 0.6 is 0 Å². The highest BCUT2D eigenvalue weighted by Crippen LogP contribution is 2.24. The number of fused-ring (bicyclic) bond motifs is 1. The second kappa shape index (κ2) is 6.01. The van der Waals surface area contributed by atoms with E-state index in [-0.39, 0.29) is 18.1 Å². The Labute approximate surface area is 124 Å². The summed E-state index contributed by atoms with van der Waals surface area (Å²) in [6, 6.07) is -0.456.